The van der Waals surface area contributed by atoms with E-state index < -0.39 is 63.3 Å². The van der Waals surface area contributed by atoms with Crippen LogP contribution in [0.25, 0.3) is 0 Å². The minimum Gasteiger partial charge on any atom is -0.461 e. The Hall–Kier alpha value is -4.49. The molecule has 0 bridgehead atoms. The van der Waals surface area contributed by atoms with Crippen LogP contribution in [0.4, 0.5) is 14.0 Å². The smallest absolute Gasteiger partial charge is 0.461 e. The van der Waals surface area contributed by atoms with Crippen LogP contribution in [0.5, 0.6) is 5.75 Å². The second-order valence-corrected chi connectivity index (χ2v) is 13.6. The number of nitrogens with one attached hydrogen (secondary N) is 1. The lowest BCUT2D eigenvalue weighted by Gasteiger charge is -2.27. The van der Waals surface area contributed by atoms with Gasteiger partial charge in [0.25, 0.3) is 0 Å². The summed E-state index contributed by atoms with van der Waals surface area (Å²) in [6.45, 7) is 0.494. The van der Waals surface area contributed by atoms with Gasteiger partial charge in [-0.05, 0) is 55.9 Å². The highest BCUT2D eigenvalue weighted by Crippen LogP contribution is 2.49. The number of para-hydroxylation sites is 1. The summed E-state index contributed by atoms with van der Waals surface area (Å²) in [6, 6.07) is 24.2. The maximum absolute atomic E-state index is 16.1. The summed E-state index contributed by atoms with van der Waals surface area (Å²) in [5, 5.41) is 2.52. The minimum absolute atomic E-state index is 0.0768. The Balaban J connectivity index is 1.28. The van der Waals surface area contributed by atoms with Gasteiger partial charge in [-0.25, -0.2) is 18.5 Å². The van der Waals surface area contributed by atoms with Crippen LogP contribution in [0, 0.1) is 0 Å². The molecule has 13 nitrogen and oxygen atoms in total. The number of ether oxygens (including phenoxy) is 6. The van der Waals surface area contributed by atoms with Crippen LogP contribution in [0.1, 0.15) is 50.2 Å². The molecule has 1 aliphatic heterocycles. The highest BCUT2D eigenvalue weighted by molar-refractivity contribution is 7.52. The highest BCUT2D eigenvalue weighted by atomic mass is 31.2. The summed E-state index contributed by atoms with van der Waals surface area (Å²) in [7, 11) is -4.63. The quantitative estimate of drug-likeness (QED) is 0.0955. The molecule has 5 rings (SSSR count). The van der Waals surface area contributed by atoms with E-state index in [-0.39, 0.29) is 25.1 Å². The van der Waals surface area contributed by atoms with Gasteiger partial charge in [-0.15, -0.1) is 0 Å². The fourth-order valence-corrected chi connectivity index (χ4v) is 6.96. The first-order chi connectivity index (χ1) is 24.7. The molecule has 0 radical (unpaired) electrons. The fourth-order valence-electron chi connectivity index (χ4n) is 5.39. The summed E-state index contributed by atoms with van der Waals surface area (Å²) in [4.78, 5) is 38.1. The standard InChI is InChI=1S/C36H41FNO12P/c1-25(33(39)46-28-18-10-4-11-19-28)38-51(42,49-29-20-12-5-13-21-29)50-34-31(37)32(48-36(41)44-23-27-16-8-3-9-17-27)30(47-34)24-45-35(40)43-22-26-14-6-2-7-15-26/h2-3,5-9,12-17,20-21,25,28,30-32,34H,4,10-11,18-19,22-24H2,1H3,(H,38,42)/t25-,30+,31-,32+,34?,51?/m0/s1. The summed E-state index contributed by atoms with van der Waals surface area (Å²) in [6.07, 6.45) is -5.78. The largest absolute Gasteiger partial charge is 0.509 e. The molecule has 3 aromatic carbocycles. The van der Waals surface area contributed by atoms with Crippen molar-refractivity contribution in [1.82, 2.24) is 5.09 Å². The van der Waals surface area contributed by atoms with Crippen molar-refractivity contribution in [2.24, 2.45) is 0 Å². The fraction of sp³-hybridized carbons (Fsp3) is 0.417. The Bertz CT molecular complexity index is 1600. The molecular weight excluding hydrogens is 688 g/mol. The van der Waals surface area contributed by atoms with Gasteiger partial charge in [0.2, 0.25) is 6.29 Å². The lowest BCUT2D eigenvalue weighted by atomic mass is 9.98. The zero-order valence-corrected chi connectivity index (χ0v) is 28.9. The second-order valence-electron chi connectivity index (χ2n) is 12.0. The van der Waals surface area contributed by atoms with Gasteiger partial charge in [0, 0.05) is 0 Å². The van der Waals surface area contributed by atoms with Crippen molar-refractivity contribution in [2.45, 2.75) is 89.1 Å². The Morgan fingerprint density at radius 3 is 1.98 bits per heavy atom. The van der Waals surface area contributed by atoms with Crippen LogP contribution in [-0.4, -0.2) is 61.7 Å². The summed E-state index contributed by atoms with van der Waals surface area (Å²) in [5.74, 6) is -0.623. The summed E-state index contributed by atoms with van der Waals surface area (Å²) < 4.78 is 73.7. The third-order valence-electron chi connectivity index (χ3n) is 8.00. The lowest BCUT2D eigenvalue weighted by molar-refractivity contribution is -0.152. The molecular formula is C36H41FNO12P. The molecule has 1 saturated carbocycles. The van der Waals surface area contributed by atoms with E-state index in [1.165, 1.54) is 19.1 Å². The van der Waals surface area contributed by atoms with Gasteiger partial charge in [-0.2, -0.15) is 5.09 Å². The molecule has 2 aliphatic rings. The van der Waals surface area contributed by atoms with Gasteiger partial charge < -0.3 is 32.9 Å². The molecule has 2 unspecified atom stereocenters. The van der Waals surface area contributed by atoms with Crippen molar-refractivity contribution in [3.05, 3.63) is 102 Å². The molecule has 2 fully saturated rings. The average Bonchev–Trinajstić information content (AvgIpc) is 3.42. The van der Waals surface area contributed by atoms with Crippen molar-refractivity contribution in [3.8, 4) is 5.75 Å². The molecule has 1 N–H and O–H groups in total. The van der Waals surface area contributed by atoms with Gasteiger partial charge in [0.05, 0.1) is 0 Å². The van der Waals surface area contributed by atoms with Crippen LogP contribution in [0.3, 0.4) is 0 Å². The first-order valence-corrected chi connectivity index (χ1v) is 18.2. The van der Waals surface area contributed by atoms with E-state index in [0.717, 1.165) is 19.3 Å². The maximum Gasteiger partial charge on any atom is 0.509 e. The van der Waals surface area contributed by atoms with Gasteiger partial charge in [-0.1, -0.05) is 85.3 Å². The summed E-state index contributed by atoms with van der Waals surface area (Å²) in [5.41, 5.74) is 1.35. The Morgan fingerprint density at radius 2 is 1.37 bits per heavy atom. The van der Waals surface area contributed by atoms with Crippen molar-refractivity contribution < 1.29 is 60.8 Å². The maximum atomic E-state index is 16.1. The van der Waals surface area contributed by atoms with Crippen molar-refractivity contribution in [1.29, 1.82) is 0 Å². The Kier molecular flexibility index (Phi) is 13.8. The topological polar surface area (TPSA) is 154 Å². The van der Waals surface area contributed by atoms with Gasteiger partial charge in [-0.3, -0.25) is 9.32 Å². The van der Waals surface area contributed by atoms with E-state index in [1.54, 1.807) is 78.9 Å². The molecule has 0 amide bonds. The van der Waals surface area contributed by atoms with Crippen molar-refractivity contribution in [3.63, 3.8) is 0 Å². The van der Waals surface area contributed by atoms with E-state index in [4.69, 9.17) is 37.5 Å². The molecule has 15 heteroatoms. The van der Waals surface area contributed by atoms with E-state index in [2.05, 4.69) is 5.09 Å². The number of rotatable bonds is 15. The molecule has 1 heterocycles. The minimum atomic E-state index is -4.63. The van der Waals surface area contributed by atoms with E-state index in [9.17, 15) is 18.9 Å². The number of carbonyl (C=O) groups is 3. The zero-order valence-electron chi connectivity index (χ0n) is 28.0. The van der Waals surface area contributed by atoms with Crippen LogP contribution in [0.15, 0.2) is 91.0 Å². The average molecular weight is 730 g/mol. The van der Waals surface area contributed by atoms with Crippen molar-refractivity contribution in [2.75, 3.05) is 6.61 Å². The third-order valence-corrected chi connectivity index (χ3v) is 9.64. The Labute approximate surface area is 295 Å². The first kappa shape index (κ1) is 37.8. The zero-order chi connectivity index (χ0) is 36.1. The van der Waals surface area contributed by atoms with Crippen molar-refractivity contribution >= 4 is 26.0 Å². The van der Waals surface area contributed by atoms with Crippen LogP contribution in [0.2, 0.25) is 0 Å². The predicted molar refractivity (Wildman–Crippen MR) is 179 cm³/mol. The van der Waals surface area contributed by atoms with Crippen LogP contribution >= 0.6 is 7.75 Å². The third kappa shape index (κ3) is 11.8. The molecule has 0 spiro atoms. The van der Waals surface area contributed by atoms with Crippen LogP contribution in [-0.2, 0) is 55.5 Å². The van der Waals surface area contributed by atoms with Crippen LogP contribution < -0.4 is 9.61 Å². The number of carbonyl (C=O) groups excluding carboxylic acids is 3. The summed E-state index contributed by atoms with van der Waals surface area (Å²) >= 11 is 0. The van der Waals surface area contributed by atoms with E-state index >= 15 is 4.39 Å². The second kappa shape index (κ2) is 18.7. The monoisotopic (exact) mass is 729 g/mol. The molecule has 51 heavy (non-hydrogen) atoms. The molecule has 1 aliphatic carbocycles. The van der Waals surface area contributed by atoms with Gasteiger partial charge >= 0.3 is 26.0 Å². The first-order valence-electron chi connectivity index (χ1n) is 16.7. The lowest BCUT2D eigenvalue weighted by Crippen LogP contribution is -2.39. The van der Waals surface area contributed by atoms with E-state index in [1.807, 2.05) is 0 Å². The Morgan fingerprint density at radius 1 is 0.804 bits per heavy atom. The number of alkyl halides is 1. The van der Waals surface area contributed by atoms with E-state index in [0.29, 0.717) is 24.0 Å². The number of hydrogen-bond donors (Lipinski definition) is 1. The van der Waals surface area contributed by atoms with Gasteiger partial charge in [0.1, 0.15) is 43.8 Å². The number of esters is 1. The normalized spacial score (nSPS) is 22.2. The molecule has 1 saturated heterocycles. The highest BCUT2D eigenvalue weighted by Gasteiger charge is 2.52. The number of hydrogen-bond acceptors (Lipinski definition) is 12. The SMILES string of the molecule is C[C@H](NP(=O)(Oc1ccccc1)OC1O[C@H](COC(=O)OCc2ccccc2)[C@@H](OC(=O)OCc2ccccc2)[C@@H]1F)C(=O)OC1CCCCC1. The number of halogens is 1. The van der Waals surface area contributed by atoms with Gasteiger partial charge in [0.15, 0.2) is 12.3 Å². The molecule has 0 aromatic heterocycles. The molecule has 6 atom stereocenters. The number of benzene rings is 3. The predicted octanol–water partition coefficient (Wildman–Crippen LogP) is 7.18. The molecule has 274 valence electrons. The molecule has 3 aromatic rings.